The van der Waals surface area contributed by atoms with Gasteiger partial charge in [-0.05, 0) is 25.1 Å². The average Bonchev–Trinajstić information content (AvgIpc) is 2.40. The molecule has 1 aromatic rings. The van der Waals surface area contributed by atoms with Crippen LogP contribution in [0.3, 0.4) is 0 Å². The maximum Gasteiger partial charge on any atom is 0.138 e. The van der Waals surface area contributed by atoms with Crippen LogP contribution in [0, 0.1) is 11.3 Å². The third-order valence-corrected chi connectivity index (χ3v) is 4.11. The van der Waals surface area contributed by atoms with Crippen LogP contribution < -0.4 is 0 Å². The first-order valence-electron chi connectivity index (χ1n) is 6.04. The first kappa shape index (κ1) is 14.2. The third-order valence-electron chi connectivity index (χ3n) is 3.08. The summed E-state index contributed by atoms with van der Waals surface area (Å²) < 4.78 is -0.559. The zero-order chi connectivity index (χ0) is 12.7. The molecule has 1 rings (SSSR count). The molecule has 3 heteroatoms. The highest BCUT2D eigenvalue weighted by atomic mass is 79.9. The van der Waals surface area contributed by atoms with E-state index in [1.54, 1.807) is 0 Å². The maximum atomic E-state index is 9.38. The van der Waals surface area contributed by atoms with Gasteiger partial charge in [0.25, 0.3) is 0 Å². The molecule has 0 aliphatic rings. The molecule has 0 heterocycles. The van der Waals surface area contributed by atoms with E-state index in [1.165, 1.54) is 0 Å². The second kappa shape index (κ2) is 6.78. The van der Waals surface area contributed by atoms with Gasteiger partial charge in [0.15, 0.2) is 0 Å². The molecule has 0 aliphatic carbocycles. The van der Waals surface area contributed by atoms with E-state index < -0.39 is 4.32 Å². The standard InChI is InChI=1S/C14H19BrN2/c1-3-17(4-2)11-10-14(15,12-16)13-8-6-5-7-9-13/h5-9H,3-4,10-11H2,1-2H3/t14-/m1/s1. The zero-order valence-electron chi connectivity index (χ0n) is 10.5. The highest BCUT2D eigenvalue weighted by Gasteiger charge is 2.28. The summed E-state index contributed by atoms with van der Waals surface area (Å²) in [6.07, 6.45) is 0.801. The lowest BCUT2D eigenvalue weighted by Crippen LogP contribution is -2.29. The van der Waals surface area contributed by atoms with Crippen LogP contribution in [0.1, 0.15) is 25.8 Å². The smallest absolute Gasteiger partial charge is 0.138 e. The van der Waals surface area contributed by atoms with Gasteiger partial charge in [-0.25, -0.2) is 0 Å². The predicted molar refractivity (Wildman–Crippen MR) is 75.1 cm³/mol. The SMILES string of the molecule is CCN(CC)CC[C@@](Br)(C#N)c1ccccc1. The molecule has 0 N–H and O–H groups in total. The minimum atomic E-state index is -0.559. The van der Waals surface area contributed by atoms with Crippen molar-refractivity contribution in [2.75, 3.05) is 19.6 Å². The normalized spacial score (nSPS) is 14.3. The molecule has 0 amide bonds. The molecule has 92 valence electrons. The van der Waals surface area contributed by atoms with Crippen LogP contribution in [-0.4, -0.2) is 24.5 Å². The van der Waals surface area contributed by atoms with Crippen molar-refractivity contribution < 1.29 is 0 Å². The molecule has 1 aromatic carbocycles. The van der Waals surface area contributed by atoms with Gasteiger partial charge in [-0.15, -0.1) is 0 Å². The number of rotatable bonds is 6. The third kappa shape index (κ3) is 3.83. The average molecular weight is 295 g/mol. The van der Waals surface area contributed by atoms with Crippen LogP contribution in [0.25, 0.3) is 0 Å². The van der Waals surface area contributed by atoms with E-state index in [2.05, 4.69) is 40.7 Å². The highest BCUT2D eigenvalue weighted by Crippen LogP contribution is 2.34. The van der Waals surface area contributed by atoms with Gasteiger partial charge in [-0.2, -0.15) is 5.26 Å². The topological polar surface area (TPSA) is 27.0 Å². The van der Waals surface area contributed by atoms with Crippen LogP contribution in [0.4, 0.5) is 0 Å². The fourth-order valence-electron chi connectivity index (χ4n) is 1.82. The number of halogens is 1. The molecule has 0 bridgehead atoms. The van der Waals surface area contributed by atoms with Crippen molar-refractivity contribution in [3.8, 4) is 6.07 Å². The number of nitriles is 1. The van der Waals surface area contributed by atoms with Crippen molar-refractivity contribution in [2.24, 2.45) is 0 Å². The summed E-state index contributed by atoms with van der Waals surface area (Å²) in [5, 5.41) is 9.38. The first-order chi connectivity index (χ1) is 8.16. The van der Waals surface area contributed by atoms with Crippen LogP contribution >= 0.6 is 15.9 Å². The molecular formula is C14H19BrN2. The Morgan fingerprint density at radius 3 is 2.29 bits per heavy atom. The van der Waals surface area contributed by atoms with E-state index in [4.69, 9.17) is 0 Å². The lowest BCUT2D eigenvalue weighted by molar-refractivity contribution is 0.293. The lowest BCUT2D eigenvalue weighted by Gasteiger charge is -2.25. The maximum absolute atomic E-state index is 9.38. The van der Waals surface area contributed by atoms with Crippen molar-refractivity contribution in [2.45, 2.75) is 24.6 Å². The monoisotopic (exact) mass is 294 g/mol. The summed E-state index contributed by atoms with van der Waals surface area (Å²) in [4.78, 5) is 2.33. The number of nitrogens with zero attached hydrogens (tertiary/aromatic N) is 2. The van der Waals surface area contributed by atoms with E-state index in [9.17, 15) is 5.26 Å². The summed E-state index contributed by atoms with van der Waals surface area (Å²) in [5.41, 5.74) is 1.04. The Kier molecular flexibility index (Phi) is 5.67. The quantitative estimate of drug-likeness (QED) is 0.751. The Labute approximate surface area is 112 Å². The van der Waals surface area contributed by atoms with E-state index >= 15 is 0 Å². The van der Waals surface area contributed by atoms with Gasteiger partial charge in [0.2, 0.25) is 0 Å². The highest BCUT2D eigenvalue weighted by molar-refractivity contribution is 9.09. The molecule has 0 aromatic heterocycles. The van der Waals surface area contributed by atoms with Gasteiger partial charge in [0, 0.05) is 6.54 Å². The molecule has 1 atom stereocenters. The largest absolute Gasteiger partial charge is 0.304 e. The van der Waals surface area contributed by atoms with Gasteiger partial charge in [-0.3, -0.25) is 0 Å². The van der Waals surface area contributed by atoms with E-state index in [0.29, 0.717) is 0 Å². The minimum Gasteiger partial charge on any atom is -0.304 e. The molecule has 0 unspecified atom stereocenters. The van der Waals surface area contributed by atoms with Crippen molar-refractivity contribution in [3.05, 3.63) is 35.9 Å². The van der Waals surface area contributed by atoms with Crippen molar-refractivity contribution in [1.29, 1.82) is 5.26 Å². The van der Waals surface area contributed by atoms with Crippen molar-refractivity contribution in [3.63, 3.8) is 0 Å². The second-order valence-corrected chi connectivity index (χ2v) is 5.41. The van der Waals surface area contributed by atoms with E-state index in [0.717, 1.165) is 31.6 Å². The van der Waals surface area contributed by atoms with E-state index in [-0.39, 0.29) is 0 Å². The van der Waals surface area contributed by atoms with Crippen LogP contribution in [0.5, 0.6) is 0 Å². The molecule has 17 heavy (non-hydrogen) atoms. The number of benzene rings is 1. The number of hydrogen-bond acceptors (Lipinski definition) is 2. The van der Waals surface area contributed by atoms with Gasteiger partial charge >= 0.3 is 0 Å². The van der Waals surface area contributed by atoms with Crippen LogP contribution in [-0.2, 0) is 4.32 Å². The molecule has 0 fully saturated rings. The lowest BCUT2D eigenvalue weighted by atomic mass is 9.97. The Morgan fingerprint density at radius 1 is 1.24 bits per heavy atom. The van der Waals surface area contributed by atoms with Gasteiger partial charge in [0.05, 0.1) is 6.07 Å². The second-order valence-electron chi connectivity index (χ2n) is 4.06. The number of alkyl halides is 1. The molecular weight excluding hydrogens is 276 g/mol. The Hall–Kier alpha value is -0.850. The van der Waals surface area contributed by atoms with Gasteiger partial charge in [0.1, 0.15) is 4.32 Å². The van der Waals surface area contributed by atoms with Crippen LogP contribution in [0.2, 0.25) is 0 Å². The fourth-order valence-corrected chi connectivity index (χ4v) is 2.26. The minimum absolute atomic E-state index is 0.559. The fraction of sp³-hybridized carbons (Fsp3) is 0.500. The zero-order valence-corrected chi connectivity index (χ0v) is 12.1. The molecule has 2 nitrogen and oxygen atoms in total. The molecule has 0 saturated carbocycles. The Bertz CT molecular complexity index is 368. The van der Waals surface area contributed by atoms with Crippen molar-refractivity contribution in [1.82, 2.24) is 4.90 Å². The predicted octanol–water partition coefficient (Wildman–Crippen LogP) is 3.53. The molecule has 0 spiro atoms. The Morgan fingerprint density at radius 2 is 1.82 bits per heavy atom. The van der Waals surface area contributed by atoms with Gasteiger partial charge in [-0.1, -0.05) is 60.1 Å². The molecule has 0 saturated heterocycles. The van der Waals surface area contributed by atoms with Crippen LogP contribution in [0.15, 0.2) is 30.3 Å². The summed E-state index contributed by atoms with van der Waals surface area (Å²) >= 11 is 3.59. The Balaban J connectivity index is 2.74. The number of hydrogen-bond donors (Lipinski definition) is 0. The summed E-state index contributed by atoms with van der Waals surface area (Å²) in [7, 11) is 0. The molecule has 0 radical (unpaired) electrons. The first-order valence-corrected chi connectivity index (χ1v) is 6.83. The van der Waals surface area contributed by atoms with Gasteiger partial charge < -0.3 is 4.90 Å². The summed E-state index contributed by atoms with van der Waals surface area (Å²) in [5.74, 6) is 0. The van der Waals surface area contributed by atoms with Crippen molar-refractivity contribution >= 4 is 15.9 Å². The molecule has 0 aliphatic heterocycles. The summed E-state index contributed by atoms with van der Waals surface area (Å²) in [6, 6.07) is 12.3. The van der Waals surface area contributed by atoms with E-state index in [1.807, 2.05) is 30.3 Å². The summed E-state index contributed by atoms with van der Waals surface area (Å²) in [6.45, 7) is 7.28.